The van der Waals surface area contributed by atoms with Crippen LogP contribution in [0.15, 0.2) is 35.8 Å². The maximum absolute atomic E-state index is 12.1. The van der Waals surface area contributed by atoms with Gasteiger partial charge < -0.3 is 9.47 Å². The number of rotatable bonds is 4. The fourth-order valence-electron chi connectivity index (χ4n) is 1.97. The van der Waals surface area contributed by atoms with Crippen molar-refractivity contribution in [1.29, 1.82) is 0 Å². The van der Waals surface area contributed by atoms with Gasteiger partial charge in [-0.15, -0.1) is 0 Å². The van der Waals surface area contributed by atoms with E-state index in [2.05, 4.69) is 16.9 Å². The van der Waals surface area contributed by atoms with Crippen LogP contribution < -0.4 is 5.32 Å². The highest BCUT2D eigenvalue weighted by atomic mass is 35.5. The molecule has 1 atom stereocenters. The van der Waals surface area contributed by atoms with Crippen molar-refractivity contribution in [3.8, 4) is 0 Å². The van der Waals surface area contributed by atoms with Crippen LogP contribution in [0, 0.1) is 0 Å². The summed E-state index contributed by atoms with van der Waals surface area (Å²) in [4.78, 5) is 16.6. The Morgan fingerprint density at radius 3 is 2.52 bits per heavy atom. The maximum Gasteiger partial charge on any atom is 0.413 e. The molecule has 5 nitrogen and oxygen atoms in total. The fraction of sp³-hybridized carbons (Fsp3) is 0.375. The van der Waals surface area contributed by atoms with Crippen molar-refractivity contribution in [2.75, 3.05) is 11.9 Å². The molecule has 0 fully saturated rings. The summed E-state index contributed by atoms with van der Waals surface area (Å²) >= 11 is 11.8. The Morgan fingerprint density at radius 2 is 2.04 bits per heavy atom. The third-order valence-electron chi connectivity index (χ3n) is 3.19. The molecule has 0 spiro atoms. The average molecular weight is 357 g/mol. The van der Waals surface area contributed by atoms with Gasteiger partial charge in [-0.05, 0) is 45.0 Å². The number of hydrogen-bond acceptors (Lipinski definition) is 4. The molecule has 1 heterocycles. The van der Waals surface area contributed by atoms with Gasteiger partial charge in [-0.1, -0.05) is 29.8 Å². The maximum atomic E-state index is 12.1. The van der Waals surface area contributed by atoms with Crippen molar-refractivity contribution < 1.29 is 14.3 Å². The van der Waals surface area contributed by atoms with Gasteiger partial charge in [0.05, 0.1) is 5.54 Å². The van der Waals surface area contributed by atoms with E-state index in [4.69, 9.17) is 32.7 Å². The summed E-state index contributed by atoms with van der Waals surface area (Å²) in [6, 6.07) is 4.69. The van der Waals surface area contributed by atoms with Gasteiger partial charge in [0.2, 0.25) is 11.5 Å². The van der Waals surface area contributed by atoms with E-state index in [1.165, 1.54) is 6.08 Å². The standard InChI is InChI=1S/C16H18Cl2N2O3/c1-5-16(4,13-20-15(2,3)9-22-13)23-14(21)19-12-7-10(17)6-11(18)8-12/h5-8H,1,9H2,2-4H3,(H,19,21). The third kappa shape index (κ3) is 4.39. The lowest BCUT2D eigenvalue weighted by molar-refractivity contribution is 0.0969. The number of carbonyl (C=O) groups excluding carboxylic acids is 1. The Balaban J connectivity index is 2.12. The van der Waals surface area contributed by atoms with Crippen LogP contribution in [0.4, 0.5) is 10.5 Å². The molecular weight excluding hydrogens is 339 g/mol. The molecule has 1 aromatic carbocycles. The second kappa shape index (κ2) is 6.42. The summed E-state index contributed by atoms with van der Waals surface area (Å²) in [5.41, 5.74) is -1.10. The van der Waals surface area contributed by atoms with E-state index in [1.807, 2.05) is 13.8 Å². The van der Waals surface area contributed by atoms with Crippen molar-refractivity contribution >= 4 is 40.9 Å². The molecule has 0 saturated carbocycles. The summed E-state index contributed by atoms with van der Waals surface area (Å²) in [6.45, 7) is 9.64. The zero-order valence-electron chi connectivity index (χ0n) is 13.2. The molecule has 124 valence electrons. The highest BCUT2D eigenvalue weighted by molar-refractivity contribution is 6.35. The molecule has 0 aliphatic carbocycles. The van der Waals surface area contributed by atoms with E-state index in [0.717, 1.165) is 0 Å². The number of amides is 1. The Kier molecular flexibility index (Phi) is 4.92. The number of nitrogens with one attached hydrogen (secondary N) is 1. The molecule has 0 saturated heterocycles. The van der Waals surface area contributed by atoms with Crippen LogP contribution in [-0.4, -0.2) is 29.7 Å². The molecule has 0 aromatic heterocycles. The molecule has 2 rings (SSSR count). The van der Waals surface area contributed by atoms with Gasteiger partial charge in [0, 0.05) is 15.7 Å². The van der Waals surface area contributed by atoms with Gasteiger partial charge in [0.25, 0.3) is 0 Å². The lowest BCUT2D eigenvalue weighted by Gasteiger charge is -2.25. The number of ether oxygens (including phenoxy) is 2. The van der Waals surface area contributed by atoms with Crippen LogP contribution in [0.1, 0.15) is 20.8 Å². The summed E-state index contributed by atoms with van der Waals surface area (Å²) < 4.78 is 11.0. The van der Waals surface area contributed by atoms with Crippen molar-refractivity contribution in [1.82, 2.24) is 0 Å². The minimum atomic E-state index is -1.17. The van der Waals surface area contributed by atoms with Gasteiger partial charge in [-0.3, -0.25) is 5.32 Å². The average Bonchev–Trinajstić information content (AvgIpc) is 2.78. The lowest BCUT2D eigenvalue weighted by atomic mass is 10.1. The molecule has 7 heteroatoms. The number of hydrogen-bond donors (Lipinski definition) is 1. The van der Waals surface area contributed by atoms with E-state index in [0.29, 0.717) is 28.2 Å². The summed E-state index contributed by atoms with van der Waals surface area (Å²) in [7, 11) is 0. The Hall–Kier alpha value is -1.72. The van der Waals surface area contributed by atoms with Crippen LogP contribution in [0.25, 0.3) is 0 Å². The predicted octanol–water partition coefficient (Wildman–Crippen LogP) is 4.69. The predicted molar refractivity (Wildman–Crippen MR) is 92.6 cm³/mol. The lowest BCUT2D eigenvalue weighted by Crippen LogP contribution is -2.40. The number of anilines is 1. The molecule has 0 radical (unpaired) electrons. The van der Waals surface area contributed by atoms with Crippen LogP contribution in [-0.2, 0) is 9.47 Å². The van der Waals surface area contributed by atoms with E-state index in [1.54, 1.807) is 25.1 Å². The first-order chi connectivity index (χ1) is 10.6. The SMILES string of the molecule is C=CC(C)(OC(=O)Nc1cc(Cl)cc(Cl)c1)C1=NC(C)(C)CO1. The van der Waals surface area contributed by atoms with Gasteiger partial charge in [-0.2, -0.15) is 0 Å². The van der Waals surface area contributed by atoms with Gasteiger partial charge in [-0.25, -0.2) is 9.79 Å². The van der Waals surface area contributed by atoms with E-state index in [9.17, 15) is 4.79 Å². The smallest absolute Gasteiger partial charge is 0.413 e. The van der Waals surface area contributed by atoms with Gasteiger partial charge in [0.1, 0.15) is 6.61 Å². The highest BCUT2D eigenvalue weighted by Gasteiger charge is 2.40. The Morgan fingerprint density at radius 1 is 1.43 bits per heavy atom. The van der Waals surface area contributed by atoms with Crippen LogP contribution in [0.5, 0.6) is 0 Å². The quantitative estimate of drug-likeness (QED) is 0.795. The van der Waals surface area contributed by atoms with E-state index >= 15 is 0 Å². The van der Waals surface area contributed by atoms with E-state index in [-0.39, 0.29) is 5.54 Å². The zero-order chi connectivity index (χ0) is 17.3. The van der Waals surface area contributed by atoms with Crippen molar-refractivity contribution in [3.05, 3.63) is 40.9 Å². The first-order valence-electron chi connectivity index (χ1n) is 6.96. The summed E-state index contributed by atoms with van der Waals surface area (Å²) in [5.74, 6) is 0.316. The first kappa shape index (κ1) is 17.6. The minimum absolute atomic E-state index is 0.316. The second-order valence-corrected chi connectivity index (χ2v) is 6.87. The minimum Gasteiger partial charge on any atom is -0.475 e. The molecule has 1 N–H and O–H groups in total. The largest absolute Gasteiger partial charge is 0.475 e. The molecule has 1 aliphatic rings. The molecule has 1 amide bonds. The molecule has 0 bridgehead atoms. The Bertz CT molecular complexity index is 653. The van der Waals surface area contributed by atoms with Crippen molar-refractivity contribution in [2.45, 2.75) is 31.9 Å². The molecule has 1 aliphatic heterocycles. The van der Waals surface area contributed by atoms with E-state index < -0.39 is 11.7 Å². The topological polar surface area (TPSA) is 59.9 Å². The monoisotopic (exact) mass is 356 g/mol. The van der Waals surface area contributed by atoms with Crippen LogP contribution in [0.3, 0.4) is 0 Å². The zero-order valence-corrected chi connectivity index (χ0v) is 14.7. The van der Waals surface area contributed by atoms with Crippen molar-refractivity contribution in [3.63, 3.8) is 0 Å². The van der Waals surface area contributed by atoms with Gasteiger partial charge >= 0.3 is 6.09 Å². The molecule has 1 aromatic rings. The number of aliphatic imine (C=N–C) groups is 1. The molecule has 1 unspecified atom stereocenters. The first-order valence-corrected chi connectivity index (χ1v) is 7.72. The molecule has 23 heavy (non-hydrogen) atoms. The number of benzene rings is 1. The Labute approximate surface area is 145 Å². The normalized spacial score (nSPS) is 18.4. The highest BCUT2D eigenvalue weighted by Crippen LogP contribution is 2.27. The number of nitrogens with zero attached hydrogens (tertiary/aromatic N) is 1. The van der Waals surface area contributed by atoms with Gasteiger partial charge in [0.15, 0.2) is 0 Å². The second-order valence-electron chi connectivity index (χ2n) is 6.00. The summed E-state index contributed by atoms with van der Waals surface area (Å²) in [6.07, 6.45) is 0.777. The number of halogens is 2. The number of carbonyl (C=O) groups is 1. The fourth-order valence-corrected chi connectivity index (χ4v) is 2.50. The molecular formula is C16H18Cl2N2O3. The van der Waals surface area contributed by atoms with Crippen LogP contribution in [0.2, 0.25) is 10.0 Å². The third-order valence-corrected chi connectivity index (χ3v) is 3.63. The van der Waals surface area contributed by atoms with Crippen molar-refractivity contribution in [2.24, 2.45) is 4.99 Å². The van der Waals surface area contributed by atoms with Crippen LogP contribution >= 0.6 is 23.2 Å². The summed E-state index contributed by atoms with van der Waals surface area (Å²) in [5, 5.41) is 3.38.